The number of nitrogens with two attached hydrogens (primary N) is 2. The Hall–Kier alpha value is -6.07. The molecule has 0 bridgehead atoms. The number of aliphatic hydroxyl groups excluding tert-OH is 1. The van der Waals surface area contributed by atoms with Crippen molar-refractivity contribution in [3.63, 3.8) is 0 Å². The van der Waals surface area contributed by atoms with Crippen LogP contribution in [0, 0.1) is 17.8 Å². The Morgan fingerprint density at radius 2 is 1.04 bits per heavy atom. The van der Waals surface area contributed by atoms with E-state index in [0.29, 0.717) is 12.8 Å². The fraction of sp³-hybridized carbons (Fsp3) is 0.776. The summed E-state index contributed by atoms with van der Waals surface area (Å²) in [6.45, 7) is 11.3. The van der Waals surface area contributed by atoms with Gasteiger partial charge in [0.05, 0.1) is 19.4 Å². The van der Waals surface area contributed by atoms with Crippen molar-refractivity contribution in [3.8, 4) is 0 Å². The molecule has 8 atom stereocenters. The van der Waals surface area contributed by atoms with Crippen molar-refractivity contribution in [1.82, 2.24) is 37.2 Å². The van der Waals surface area contributed by atoms with Gasteiger partial charge < -0.3 is 68.7 Å². The number of esters is 1. The summed E-state index contributed by atoms with van der Waals surface area (Å²) < 4.78 is 5.78. The molecule has 0 aromatic carbocycles. The van der Waals surface area contributed by atoms with E-state index in [4.69, 9.17) is 16.2 Å². The Labute approximate surface area is 429 Å². The molecule has 1 fully saturated rings. The molecule has 1 heterocycles. The zero-order valence-corrected chi connectivity index (χ0v) is 43.9. The van der Waals surface area contributed by atoms with E-state index in [1.54, 1.807) is 41.5 Å². The van der Waals surface area contributed by atoms with Gasteiger partial charge in [0, 0.05) is 13.0 Å². The summed E-state index contributed by atoms with van der Waals surface area (Å²) in [6, 6.07) is -10.6. The molecule has 1 saturated heterocycles. The van der Waals surface area contributed by atoms with Crippen LogP contribution in [0.5, 0.6) is 0 Å². The Kier molecular flexibility index (Phi) is 31.3. The quantitative estimate of drug-likeness (QED) is 0.0260. The number of rotatable bonds is 25. The van der Waals surface area contributed by atoms with Gasteiger partial charge in [0.2, 0.25) is 41.4 Å². The second-order valence-electron chi connectivity index (χ2n) is 20.0. The van der Waals surface area contributed by atoms with Crippen LogP contribution in [-0.2, 0) is 52.7 Å². The summed E-state index contributed by atoms with van der Waals surface area (Å²) in [6.07, 6.45) is 4.78. The van der Waals surface area contributed by atoms with Crippen LogP contribution in [0.3, 0.4) is 0 Å². The van der Waals surface area contributed by atoms with Crippen molar-refractivity contribution >= 4 is 65.2 Å². The van der Waals surface area contributed by atoms with Crippen LogP contribution >= 0.6 is 0 Å². The number of guanidine groups is 1. The first-order valence-electron chi connectivity index (χ1n) is 25.8. The van der Waals surface area contributed by atoms with Gasteiger partial charge in [-0.1, -0.05) is 99.8 Å². The molecule has 1 aliphatic heterocycles. The fourth-order valence-electron chi connectivity index (χ4n) is 8.01. The van der Waals surface area contributed by atoms with Crippen LogP contribution in [0.2, 0.25) is 0 Å². The number of carbonyl (C=O) groups excluding carboxylic acids is 8. The average molecular weight is 1040 g/mol. The van der Waals surface area contributed by atoms with E-state index in [1.165, 1.54) is 0 Å². The van der Waals surface area contributed by atoms with Crippen molar-refractivity contribution in [2.45, 2.75) is 212 Å². The standard InChI is InChI=1S/C49H86N10O14/c1-8-9-10-11-12-13-14-15-16-18-31-25-38(61)53-33(20-21-39(62)63)42(66)55-34(23-28(2)3)44(68)56-35(24-29(4)5)45(69)58-37(27-60)46(70)54-32(19-17-22-52-49(50)51)43(67)59-41(30(6)7)47(71)57-36(26-40(64)65)48(72)73-31/h28-37,41,60H,8-27H2,1-7H3,(H,53,61)(H,54,70)(H,55,66)(H,56,68)(H,57,71)(H,58,69)(H,59,67)(H,62,63)(H,64,65)(H4,50,51,52)/t31?,32?,33-,34?,35-,36?,37-,41-/m0/s1. The number of carbonyl (C=O) groups is 10. The maximum atomic E-state index is 14.1. The number of carboxylic acids is 2. The Balaban J connectivity index is 3.94. The lowest BCUT2D eigenvalue weighted by molar-refractivity contribution is -0.158. The summed E-state index contributed by atoms with van der Waals surface area (Å²) in [5.41, 5.74) is 10.9. The highest BCUT2D eigenvalue weighted by Gasteiger charge is 2.37. The molecule has 0 spiro atoms. The van der Waals surface area contributed by atoms with E-state index >= 15 is 0 Å². The average Bonchev–Trinajstić information content (AvgIpc) is 3.29. The van der Waals surface area contributed by atoms with Gasteiger partial charge in [0.15, 0.2) is 5.96 Å². The lowest BCUT2D eigenvalue weighted by Crippen LogP contribution is -2.61. The van der Waals surface area contributed by atoms with Gasteiger partial charge in [-0.2, -0.15) is 0 Å². The van der Waals surface area contributed by atoms with Gasteiger partial charge in [-0.25, -0.2) is 4.79 Å². The lowest BCUT2D eigenvalue weighted by atomic mass is 9.99. The normalized spacial score (nSPS) is 23.7. The molecule has 24 heteroatoms. The number of aliphatic imine (C=N–C) groups is 1. The topological polar surface area (TPSA) is 389 Å². The van der Waals surface area contributed by atoms with Gasteiger partial charge in [-0.3, -0.25) is 48.1 Å². The molecule has 1 rings (SSSR count). The summed E-state index contributed by atoms with van der Waals surface area (Å²) >= 11 is 0. The smallest absolute Gasteiger partial charge is 0.329 e. The number of nitrogens with one attached hydrogen (secondary N) is 7. The predicted molar refractivity (Wildman–Crippen MR) is 270 cm³/mol. The van der Waals surface area contributed by atoms with Crippen LogP contribution in [0.25, 0.3) is 0 Å². The Morgan fingerprint density at radius 1 is 0.575 bits per heavy atom. The highest BCUT2D eigenvalue weighted by Crippen LogP contribution is 2.17. The molecule has 0 radical (unpaired) electrons. The van der Waals surface area contributed by atoms with E-state index in [0.717, 1.165) is 44.9 Å². The zero-order valence-electron chi connectivity index (χ0n) is 43.9. The van der Waals surface area contributed by atoms with Gasteiger partial charge in [0.25, 0.3) is 0 Å². The first-order valence-corrected chi connectivity index (χ1v) is 25.8. The van der Waals surface area contributed by atoms with Crippen molar-refractivity contribution in [2.75, 3.05) is 13.2 Å². The SMILES string of the molecule is CCCCCCCCCCCC1CC(=O)N[C@@H](CCC(=O)O)C(=O)NC(CC(C)C)C(=O)N[C@@H](CC(C)C)C(=O)N[C@@H](CO)C(=O)NC(CCCN=C(N)N)C(=O)N[C@@H](C(C)C)C(=O)NC(CC(=O)O)C(=O)O1. The number of aliphatic carboxylic acids is 2. The number of hydrogen-bond acceptors (Lipinski definition) is 13. The molecule has 7 amide bonds. The number of amides is 7. The van der Waals surface area contributed by atoms with Gasteiger partial charge in [0.1, 0.15) is 48.4 Å². The second-order valence-corrected chi connectivity index (χ2v) is 20.0. The highest BCUT2D eigenvalue weighted by atomic mass is 16.5. The van der Waals surface area contributed by atoms with E-state index in [1.807, 2.05) is 0 Å². The van der Waals surface area contributed by atoms with Crippen LogP contribution < -0.4 is 48.7 Å². The molecule has 1 aliphatic rings. The molecule has 14 N–H and O–H groups in total. The van der Waals surface area contributed by atoms with Crippen molar-refractivity contribution < 1.29 is 68.0 Å². The molecule has 0 aromatic rings. The summed E-state index contributed by atoms with van der Waals surface area (Å²) in [5.74, 6) is -11.9. The van der Waals surface area contributed by atoms with Crippen LogP contribution in [0.1, 0.15) is 164 Å². The van der Waals surface area contributed by atoms with Crippen LogP contribution in [-0.4, -0.2) is 142 Å². The molecule has 73 heavy (non-hydrogen) atoms. The molecular weight excluding hydrogens is 953 g/mol. The van der Waals surface area contributed by atoms with Gasteiger partial charge >= 0.3 is 17.9 Å². The zero-order chi connectivity index (χ0) is 55.2. The minimum atomic E-state index is -1.84. The molecule has 0 aromatic heterocycles. The monoisotopic (exact) mass is 1040 g/mol. The third-order valence-electron chi connectivity index (χ3n) is 11.9. The highest BCUT2D eigenvalue weighted by molar-refractivity contribution is 5.98. The maximum Gasteiger partial charge on any atom is 0.329 e. The minimum absolute atomic E-state index is 0.00876. The molecule has 416 valence electrons. The minimum Gasteiger partial charge on any atom is -0.481 e. The number of nitrogens with zero attached hydrogens (tertiary/aromatic N) is 1. The van der Waals surface area contributed by atoms with Crippen molar-refractivity contribution in [2.24, 2.45) is 34.2 Å². The first-order chi connectivity index (χ1) is 34.4. The number of carboxylic acid groups (broad SMARTS) is 2. The molecule has 24 nitrogen and oxygen atoms in total. The number of aliphatic hydroxyl groups is 1. The Morgan fingerprint density at radius 3 is 1.53 bits per heavy atom. The lowest BCUT2D eigenvalue weighted by Gasteiger charge is -2.28. The van der Waals surface area contributed by atoms with E-state index in [-0.39, 0.29) is 56.4 Å². The number of ether oxygens (including phenoxy) is 1. The predicted octanol–water partition coefficient (Wildman–Crippen LogP) is 0.750. The van der Waals surface area contributed by atoms with E-state index < -0.39 is 146 Å². The molecular formula is C49H86N10O14. The molecule has 0 aliphatic carbocycles. The fourth-order valence-corrected chi connectivity index (χ4v) is 8.01. The largest absolute Gasteiger partial charge is 0.481 e. The maximum absolute atomic E-state index is 14.1. The number of hydrogen-bond donors (Lipinski definition) is 12. The van der Waals surface area contributed by atoms with E-state index in [9.17, 15) is 63.3 Å². The van der Waals surface area contributed by atoms with Gasteiger partial charge in [-0.15, -0.1) is 0 Å². The first kappa shape index (κ1) is 64.9. The summed E-state index contributed by atoms with van der Waals surface area (Å²) in [7, 11) is 0. The third kappa shape index (κ3) is 27.5. The number of unbranched alkanes of at least 4 members (excludes halogenated alkanes) is 8. The van der Waals surface area contributed by atoms with Crippen molar-refractivity contribution in [1.29, 1.82) is 0 Å². The van der Waals surface area contributed by atoms with Crippen molar-refractivity contribution in [3.05, 3.63) is 0 Å². The summed E-state index contributed by atoms with van der Waals surface area (Å²) in [5, 5.41) is 47.4. The van der Waals surface area contributed by atoms with Gasteiger partial charge in [-0.05, 0) is 62.7 Å². The molecule has 0 saturated carbocycles. The second kappa shape index (κ2) is 35.1. The number of cyclic esters (lactones) is 1. The third-order valence-corrected chi connectivity index (χ3v) is 11.9. The van der Waals surface area contributed by atoms with E-state index in [2.05, 4.69) is 49.1 Å². The van der Waals surface area contributed by atoms with Crippen LogP contribution in [0.4, 0.5) is 0 Å². The van der Waals surface area contributed by atoms with Crippen LogP contribution in [0.15, 0.2) is 4.99 Å². The molecule has 4 unspecified atom stereocenters. The Bertz CT molecular complexity index is 1840. The summed E-state index contributed by atoms with van der Waals surface area (Å²) in [4.78, 5) is 139.